The Morgan fingerprint density at radius 1 is 0.241 bits per heavy atom. The normalized spacial score (nSPS) is 12.1. The van der Waals surface area contributed by atoms with Crippen LogP contribution in [0, 0.1) is 0 Å². The van der Waals surface area contributed by atoms with Gasteiger partial charge in [-0.3, -0.25) is 14.4 Å². The van der Waals surface area contributed by atoms with E-state index in [9.17, 15) is 14.4 Å². The number of esters is 3. The van der Waals surface area contributed by atoms with E-state index in [1.807, 2.05) is 0 Å². The summed E-state index contributed by atoms with van der Waals surface area (Å²) in [6, 6.07) is 0. The van der Waals surface area contributed by atoms with Crippen molar-refractivity contribution in [2.45, 2.75) is 438 Å². The number of rotatable bonds is 71. The van der Waals surface area contributed by atoms with Gasteiger partial charge in [0.15, 0.2) is 6.10 Å². The van der Waals surface area contributed by atoms with E-state index in [0.717, 1.165) is 70.6 Å². The van der Waals surface area contributed by atoms with Crippen molar-refractivity contribution >= 4 is 17.9 Å². The molecule has 6 nitrogen and oxygen atoms in total. The number of hydrogen-bond donors (Lipinski definition) is 0. The summed E-state index contributed by atoms with van der Waals surface area (Å²) in [5.41, 5.74) is 0. The third kappa shape index (κ3) is 70.5. The SMILES string of the molecule is CCCCCC/C=C\C/C=C\CCCCCCCCCC(=O)OC(COC(=O)CCCCCCCCCCCCCCCCCCC)COC(=O)CCCCCCCCCCCCCCCCCCCCCCCCCCCCCCCC. The molecule has 0 aliphatic carbocycles. The van der Waals surface area contributed by atoms with E-state index in [1.54, 1.807) is 0 Å². The molecule has 0 amide bonds. The number of ether oxygens (including phenoxy) is 3. The van der Waals surface area contributed by atoms with Crippen molar-refractivity contribution in [3.63, 3.8) is 0 Å². The molecule has 0 saturated heterocycles. The number of carbonyl (C=O) groups is 3. The highest BCUT2D eigenvalue weighted by atomic mass is 16.6. The van der Waals surface area contributed by atoms with E-state index < -0.39 is 6.10 Å². The molecule has 490 valence electrons. The Morgan fingerprint density at radius 2 is 0.434 bits per heavy atom. The van der Waals surface area contributed by atoms with Crippen LogP contribution in [-0.4, -0.2) is 37.2 Å². The van der Waals surface area contributed by atoms with Crippen LogP contribution in [0.25, 0.3) is 0 Å². The Balaban J connectivity index is 4.19. The average Bonchev–Trinajstić information content (AvgIpc) is 3.50. The minimum atomic E-state index is -0.773. The zero-order valence-electron chi connectivity index (χ0n) is 56.5. The summed E-state index contributed by atoms with van der Waals surface area (Å²) in [6.45, 7) is 6.71. The van der Waals surface area contributed by atoms with Gasteiger partial charge in [0.2, 0.25) is 0 Å². The highest BCUT2D eigenvalue weighted by Gasteiger charge is 2.20. The van der Waals surface area contributed by atoms with Gasteiger partial charge in [-0.15, -0.1) is 0 Å². The molecular weight excluding hydrogens is 1020 g/mol. The van der Waals surface area contributed by atoms with E-state index in [0.29, 0.717) is 19.3 Å². The molecular formula is C77H146O6. The molecule has 0 fully saturated rings. The molecule has 0 aromatic carbocycles. The molecule has 83 heavy (non-hydrogen) atoms. The number of allylic oxidation sites excluding steroid dienone is 4. The lowest BCUT2D eigenvalue weighted by molar-refractivity contribution is -0.167. The van der Waals surface area contributed by atoms with Crippen molar-refractivity contribution < 1.29 is 28.6 Å². The maximum Gasteiger partial charge on any atom is 0.306 e. The monoisotopic (exact) mass is 1170 g/mol. The first kappa shape index (κ1) is 80.9. The van der Waals surface area contributed by atoms with Crippen LogP contribution in [0.5, 0.6) is 0 Å². The minimum Gasteiger partial charge on any atom is -0.462 e. The zero-order valence-corrected chi connectivity index (χ0v) is 56.5. The zero-order chi connectivity index (χ0) is 59.9. The minimum absolute atomic E-state index is 0.0679. The molecule has 0 aliphatic heterocycles. The Morgan fingerprint density at radius 3 is 0.675 bits per heavy atom. The molecule has 6 heteroatoms. The molecule has 0 spiro atoms. The van der Waals surface area contributed by atoms with Crippen LogP contribution >= 0.6 is 0 Å². The van der Waals surface area contributed by atoms with Crippen molar-refractivity contribution in [2.24, 2.45) is 0 Å². The largest absolute Gasteiger partial charge is 0.462 e. The Kier molecular flexibility index (Phi) is 70.5. The van der Waals surface area contributed by atoms with Crippen molar-refractivity contribution in [2.75, 3.05) is 13.2 Å². The summed E-state index contributed by atoms with van der Waals surface area (Å²) >= 11 is 0. The van der Waals surface area contributed by atoms with Crippen LogP contribution in [0.3, 0.4) is 0 Å². The Bertz CT molecular complexity index is 1340. The van der Waals surface area contributed by atoms with Crippen molar-refractivity contribution in [3.8, 4) is 0 Å². The van der Waals surface area contributed by atoms with Gasteiger partial charge >= 0.3 is 17.9 Å². The molecule has 0 bridgehead atoms. The average molecular weight is 1170 g/mol. The lowest BCUT2D eigenvalue weighted by Crippen LogP contribution is -2.30. The van der Waals surface area contributed by atoms with Crippen LogP contribution in [0.2, 0.25) is 0 Å². The molecule has 0 rings (SSSR count). The maximum absolute atomic E-state index is 13.0. The Labute approximate surface area is 519 Å². The highest BCUT2D eigenvalue weighted by Crippen LogP contribution is 2.20. The van der Waals surface area contributed by atoms with Gasteiger partial charge < -0.3 is 14.2 Å². The summed E-state index contributed by atoms with van der Waals surface area (Å²) in [7, 11) is 0. The highest BCUT2D eigenvalue weighted by molar-refractivity contribution is 5.71. The summed E-state index contributed by atoms with van der Waals surface area (Å²) in [5.74, 6) is -0.839. The van der Waals surface area contributed by atoms with Crippen molar-refractivity contribution in [1.29, 1.82) is 0 Å². The van der Waals surface area contributed by atoms with Crippen molar-refractivity contribution in [1.82, 2.24) is 0 Å². The lowest BCUT2D eigenvalue weighted by Gasteiger charge is -2.18. The van der Waals surface area contributed by atoms with Gasteiger partial charge in [-0.2, -0.15) is 0 Å². The second kappa shape index (κ2) is 72.4. The first-order valence-corrected chi connectivity index (χ1v) is 37.8. The second-order valence-electron chi connectivity index (χ2n) is 25.9. The topological polar surface area (TPSA) is 78.9 Å². The molecule has 0 radical (unpaired) electrons. The maximum atomic E-state index is 13.0. The fourth-order valence-electron chi connectivity index (χ4n) is 11.8. The van der Waals surface area contributed by atoms with Crippen molar-refractivity contribution in [3.05, 3.63) is 24.3 Å². The summed E-state index contributed by atoms with van der Waals surface area (Å²) in [4.78, 5) is 38.5. The summed E-state index contributed by atoms with van der Waals surface area (Å²) < 4.78 is 17.0. The Hall–Kier alpha value is -2.11. The smallest absolute Gasteiger partial charge is 0.306 e. The van der Waals surface area contributed by atoms with Gasteiger partial charge in [0.25, 0.3) is 0 Å². The van der Waals surface area contributed by atoms with Crippen LogP contribution in [-0.2, 0) is 28.6 Å². The van der Waals surface area contributed by atoms with Crippen LogP contribution in [0.1, 0.15) is 432 Å². The molecule has 1 atom stereocenters. The van der Waals surface area contributed by atoms with Gasteiger partial charge in [0, 0.05) is 19.3 Å². The first-order chi connectivity index (χ1) is 41.0. The van der Waals surface area contributed by atoms with Crippen LogP contribution < -0.4 is 0 Å². The predicted molar refractivity (Wildman–Crippen MR) is 363 cm³/mol. The molecule has 0 aliphatic rings. The van der Waals surface area contributed by atoms with Gasteiger partial charge in [0.1, 0.15) is 13.2 Å². The predicted octanol–water partition coefficient (Wildman–Crippen LogP) is 26.1. The lowest BCUT2D eigenvalue weighted by atomic mass is 10.0. The number of unbranched alkanes of at least 4 members (excludes halogenated alkanes) is 56. The first-order valence-electron chi connectivity index (χ1n) is 37.8. The standard InChI is InChI=1S/C77H146O6/c1-4-7-10-13-16-19-22-25-28-31-33-34-35-36-37-38-39-40-41-42-43-44-47-49-52-55-58-61-64-67-70-76(79)82-73-74(72-81-75(78)69-66-63-60-57-54-51-48-45-30-27-24-21-18-15-12-9-6-3)83-77(80)71-68-65-62-59-56-53-50-46-32-29-26-23-20-17-14-11-8-5-2/h20,23,29,32,74H,4-19,21-22,24-28,30-31,33-73H2,1-3H3/b23-20-,32-29-. The summed E-state index contributed by atoms with van der Waals surface area (Å²) in [6.07, 6.45) is 89.4. The van der Waals surface area contributed by atoms with E-state index in [4.69, 9.17) is 14.2 Å². The van der Waals surface area contributed by atoms with Gasteiger partial charge in [-0.25, -0.2) is 0 Å². The molecule has 0 aromatic rings. The molecule has 1 unspecified atom stereocenters. The van der Waals surface area contributed by atoms with E-state index in [2.05, 4.69) is 45.1 Å². The molecule has 0 saturated carbocycles. The number of hydrogen-bond acceptors (Lipinski definition) is 6. The van der Waals surface area contributed by atoms with E-state index >= 15 is 0 Å². The number of carbonyl (C=O) groups excluding carboxylic acids is 3. The van der Waals surface area contributed by atoms with Crippen LogP contribution in [0.4, 0.5) is 0 Å². The molecule has 0 aromatic heterocycles. The quantitative estimate of drug-likeness (QED) is 0.0261. The van der Waals surface area contributed by atoms with E-state index in [1.165, 1.54) is 321 Å². The summed E-state index contributed by atoms with van der Waals surface area (Å²) in [5, 5.41) is 0. The van der Waals surface area contributed by atoms with E-state index in [-0.39, 0.29) is 31.1 Å². The third-order valence-electron chi connectivity index (χ3n) is 17.5. The van der Waals surface area contributed by atoms with Gasteiger partial charge in [-0.05, 0) is 51.4 Å². The van der Waals surface area contributed by atoms with Crippen LogP contribution in [0.15, 0.2) is 24.3 Å². The fraction of sp³-hybridized carbons (Fsp3) is 0.909. The van der Waals surface area contributed by atoms with Gasteiger partial charge in [0.05, 0.1) is 0 Å². The third-order valence-corrected chi connectivity index (χ3v) is 17.5. The van der Waals surface area contributed by atoms with Gasteiger partial charge in [-0.1, -0.05) is 385 Å². The molecule has 0 heterocycles. The second-order valence-corrected chi connectivity index (χ2v) is 25.9. The fourth-order valence-corrected chi connectivity index (χ4v) is 11.8. The molecule has 0 N–H and O–H groups in total.